The topological polar surface area (TPSA) is 181 Å². The van der Waals surface area contributed by atoms with Gasteiger partial charge in [-0.1, -0.05) is 101 Å². The number of carbonyl (C=O) groups is 4. The molecular formula is C64H74BN4O10. The second kappa shape index (κ2) is 18.8. The Morgan fingerprint density at radius 2 is 1.00 bits per heavy atom. The number of hydrogen-bond donors (Lipinski definition) is 2. The molecule has 1 radical (unpaired) electrons. The highest BCUT2D eigenvalue weighted by Gasteiger charge is 2.74. The molecule has 4 aromatic rings. The predicted octanol–water partition coefficient (Wildman–Crippen LogP) is 9.20. The van der Waals surface area contributed by atoms with E-state index in [0.717, 1.165) is 56.2 Å². The van der Waals surface area contributed by atoms with Crippen LogP contribution in [-0.2, 0) is 50.8 Å². The molecule has 2 aromatic carbocycles. The first kappa shape index (κ1) is 53.6. The van der Waals surface area contributed by atoms with Crippen LogP contribution in [0.1, 0.15) is 117 Å². The number of aromatic nitrogens is 4. The molecule has 16 atom stereocenters. The second-order valence-electron chi connectivity index (χ2n) is 25.9. The van der Waals surface area contributed by atoms with Gasteiger partial charge in [0.25, 0.3) is 0 Å². The number of aliphatic hydroxyl groups is 2. The zero-order chi connectivity index (χ0) is 55.9. The van der Waals surface area contributed by atoms with Crippen molar-refractivity contribution < 1.29 is 48.2 Å². The van der Waals surface area contributed by atoms with Gasteiger partial charge in [0, 0.05) is 47.3 Å². The lowest BCUT2D eigenvalue weighted by atomic mass is 9.46. The minimum absolute atomic E-state index is 0.167. The lowest BCUT2D eigenvalue weighted by Gasteiger charge is -2.60. The van der Waals surface area contributed by atoms with Crippen molar-refractivity contribution in [3.63, 3.8) is 0 Å². The highest BCUT2D eigenvalue weighted by molar-refractivity contribution is 6.21. The normalized spacial score (nSPS) is 38.3. The number of ketones is 2. The van der Waals surface area contributed by atoms with E-state index in [0.29, 0.717) is 25.7 Å². The Labute approximate surface area is 464 Å². The van der Waals surface area contributed by atoms with Crippen molar-refractivity contribution >= 4 is 43.3 Å². The minimum Gasteiger partial charge on any atom is -0.458 e. The number of fused-ring (bicyclic) bond motifs is 12. The van der Waals surface area contributed by atoms with Gasteiger partial charge in [0.15, 0.2) is 13.2 Å². The van der Waals surface area contributed by atoms with E-state index in [1.165, 1.54) is 21.5 Å². The van der Waals surface area contributed by atoms with Gasteiger partial charge in [-0.3, -0.25) is 19.2 Å². The fourth-order valence-corrected chi connectivity index (χ4v) is 18.9. The van der Waals surface area contributed by atoms with Gasteiger partial charge in [0.05, 0.1) is 47.4 Å². The molecule has 0 bridgehead atoms. The molecule has 0 spiro atoms. The Morgan fingerprint density at radius 3 is 1.37 bits per heavy atom. The van der Waals surface area contributed by atoms with Crippen LogP contribution in [0.4, 0.5) is 0 Å². The van der Waals surface area contributed by atoms with Crippen molar-refractivity contribution in [2.45, 2.75) is 131 Å². The fourth-order valence-electron chi connectivity index (χ4n) is 18.9. The zero-order valence-electron chi connectivity index (χ0n) is 47.2. The van der Waals surface area contributed by atoms with Gasteiger partial charge in [-0.05, 0) is 147 Å². The number of para-hydroxylation sites is 2. The number of rotatable bonds is 12. The third-order valence-corrected chi connectivity index (χ3v) is 21.8. The highest BCUT2D eigenvalue weighted by atomic mass is 16.6. The fraction of sp³-hybridized carbons (Fsp3) is 0.531. The Kier molecular flexibility index (Phi) is 12.8. The van der Waals surface area contributed by atoms with Crippen LogP contribution in [0.3, 0.4) is 0 Å². The maximum Gasteiger partial charge on any atom is 0.489 e. The number of carbonyl (C=O) groups excluding carboxylic acids is 4. The summed E-state index contributed by atoms with van der Waals surface area (Å²) in [4.78, 5) is 55.7. The third-order valence-electron chi connectivity index (χ3n) is 21.8. The molecule has 2 N–H and O–H groups in total. The van der Waals surface area contributed by atoms with E-state index in [-0.39, 0.29) is 48.3 Å². The Balaban J connectivity index is 0.889. The highest BCUT2D eigenvalue weighted by Crippen LogP contribution is 2.71. The quantitative estimate of drug-likeness (QED) is 0.102. The standard InChI is InChI=1S/C64H74BN4O10/c1-35-21-45-49-23-37(3)63(55(74)33-76-39(5)70,61(49,9)29-53(72)57(45)59(7)27-41-31-66-68(51(41)25-47(35)59)43-17-13-11-14-18-43)78-65-79-64(56(75)34-77-40(6)71)38(4)24-50-46-22-36(2)48-26-52-42(32-67-69(52)44-19-15-12-16-20-44)28-60(48,8)58(46)54(73)30-62(50,64)10/h11-22,25-26,31-32,37-38,45-46,49-50,53-54,57-58,72-73H,23-24,27-30,33-34H2,1-10H3. The van der Waals surface area contributed by atoms with Crippen LogP contribution >= 0.6 is 0 Å². The molecule has 0 amide bonds. The van der Waals surface area contributed by atoms with E-state index in [9.17, 15) is 19.8 Å². The Morgan fingerprint density at radius 1 is 0.620 bits per heavy atom. The molecule has 4 fully saturated rings. The molecule has 413 valence electrons. The molecule has 79 heavy (non-hydrogen) atoms. The van der Waals surface area contributed by atoms with Gasteiger partial charge in [-0.15, -0.1) is 0 Å². The summed E-state index contributed by atoms with van der Waals surface area (Å²) in [5.41, 5.74) is 4.36. The molecular weight excluding hydrogens is 996 g/mol. The smallest absolute Gasteiger partial charge is 0.458 e. The van der Waals surface area contributed by atoms with Crippen molar-refractivity contribution in [2.75, 3.05) is 13.2 Å². The molecule has 0 aliphatic heterocycles. The van der Waals surface area contributed by atoms with Crippen LogP contribution < -0.4 is 0 Å². The third kappa shape index (κ3) is 7.56. The summed E-state index contributed by atoms with van der Waals surface area (Å²) in [6, 6.07) is 20.2. The van der Waals surface area contributed by atoms with Crippen LogP contribution in [0, 0.1) is 69.0 Å². The lowest BCUT2D eigenvalue weighted by molar-refractivity contribution is -0.189. The van der Waals surface area contributed by atoms with E-state index < -0.39 is 93.6 Å². The molecule has 16 unspecified atom stereocenters. The van der Waals surface area contributed by atoms with Crippen molar-refractivity contribution in [1.82, 2.24) is 19.6 Å². The van der Waals surface area contributed by atoms with Gasteiger partial charge < -0.3 is 29.0 Å². The lowest BCUT2D eigenvalue weighted by Crippen LogP contribution is -2.66. The maximum absolute atomic E-state index is 15.4. The summed E-state index contributed by atoms with van der Waals surface area (Å²) in [7, 11) is 1.18. The van der Waals surface area contributed by atoms with Crippen molar-refractivity contribution in [3.05, 3.63) is 130 Å². The number of hydrogen-bond acceptors (Lipinski definition) is 12. The molecule has 4 saturated carbocycles. The van der Waals surface area contributed by atoms with Gasteiger partial charge in [-0.2, -0.15) is 10.2 Å². The summed E-state index contributed by atoms with van der Waals surface area (Å²) in [6.07, 6.45) is 14.1. The van der Waals surface area contributed by atoms with Crippen molar-refractivity contribution in [3.8, 4) is 11.4 Å². The molecule has 2 aromatic heterocycles. The SMILES string of the molecule is CC(=O)OCC(=O)C1(O[B]OC2(C(=O)COC(C)=O)C(C)CC3C4C=C(C)C5=Cc6c(cnn6-c6ccccc6)CC5(C)C4C(O)CC32C)C(C)CC2C3C=C(C)C4=Cc5c(cnn5-c5ccccc5)CC4(C)C3C(O)CC21C. The first-order valence-electron chi connectivity index (χ1n) is 28.5. The number of aliphatic hydroxyl groups excluding tert-OH is 2. The number of esters is 2. The van der Waals surface area contributed by atoms with E-state index in [1.807, 2.05) is 110 Å². The Bertz CT molecular complexity index is 3090. The molecule has 8 aliphatic carbocycles. The van der Waals surface area contributed by atoms with E-state index in [1.54, 1.807) is 0 Å². The summed E-state index contributed by atoms with van der Waals surface area (Å²) in [5, 5.41) is 35.5. The summed E-state index contributed by atoms with van der Waals surface area (Å²) in [6.45, 7) is 18.2. The van der Waals surface area contributed by atoms with E-state index >= 15 is 9.59 Å². The minimum atomic E-state index is -1.69. The summed E-state index contributed by atoms with van der Waals surface area (Å²) < 4.78 is 29.2. The van der Waals surface area contributed by atoms with E-state index in [2.05, 4.69) is 52.0 Å². The van der Waals surface area contributed by atoms with Crippen LogP contribution in [0.2, 0.25) is 0 Å². The first-order valence-corrected chi connectivity index (χ1v) is 28.5. The second-order valence-corrected chi connectivity index (χ2v) is 25.9. The average molecular weight is 1070 g/mol. The van der Waals surface area contributed by atoms with Gasteiger partial charge >= 0.3 is 19.6 Å². The van der Waals surface area contributed by atoms with Crippen molar-refractivity contribution in [1.29, 1.82) is 0 Å². The number of benzene rings is 2. The molecule has 2 heterocycles. The van der Waals surface area contributed by atoms with Crippen molar-refractivity contribution in [2.24, 2.45) is 69.0 Å². The average Bonchev–Trinajstić information content (AvgIpc) is 4.34. The molecule has 8 aliphatic rings. The predicted molar refractivity (Wildman–Crippen MR) is 297 cm³/mol. The molecule has 14 nitrogen and oxygen atoms in total. The summed E-state index contributed by atoms with van der Waals surface area (Å²) in [5.74, 6) is -4.21. The van der Waals surface area contributed by atoms with Gasteiger partial charge in [-0.25, -0.2) is 9.36 Å². The van der Waals surface area contributed by atoms with Crippen LogP contribution in [0.25, 0.3) is 23.5 Å². The number of allylic oxidation sites excluding steroid dienone is 6. The van der Waals surface area contributed by atoms with Crippen LogP contribution in [-0.4, -0.2) is 97.6 Å². The monoisotopic (exact) mass is 1070 g/mol. The number of ether oxygens (including phenoxy) is 2. The van der Waals surface area contributed by atoms with Gasteiger partial charge in [0.2, 0.25) is 11.6 Å². The largest absolute Gasteiger partial charge is 0.489 e. The van der Waals surface area contributed by atoms with Gasteiger partial charge in [0.1, 0.15) is 11.2 Å². The number of Topliss-reactive ketones (excluding diaryl/α,β-unsaturated/α-hetero) is 2. The van der Waals surface area contributed by atoms with Crippen LogP contribution in [0.15, 0.2) is 108 Å². The number of nitrogens with zero attached hydrogens (tertiary/aromatic N) is 4. The van der Waals surface area contributed by atoms with E-state index in [4.69, 9.17) is 29.0 Å². The zero-order valence-corrected chi connectivity index (χ0v) is 47.2. The van der Waals surface area contributed by atoms with Crippen LogP contribution in [0.5, 0.6) is 0 Å². The maximum atomic E-state index is 15.4. The molecule has 12 rings (SSSR count). The Hall–Kier alpha value is -6.00. The molecule has 15 heteroatoms. The first-order chi connectivity index (χ1) is 37.5. The summed E-state index contributed by atoms with van der Waals surface area (Å²) >= 11 is 0. The molecule has 0 saturated heterocycles.